The molecule has 4 aromatic rings. The van der Waals surface area contributed by atoms with Gasteiger partial charge in [-0.1, -0.05) is 60.7 Å². The normalized spacial score (nSPS) is 16.3. The number of aromatic hydroxyl groups is 1. The van der Waals surface area contributed by atoms with Crippen LogP contribution in [-0.2, 0) is 6.42 Å². The Morgan fingerprint density at radius 2 is 1.39 bits per heavy atom. The monoisotopic (exact) mass is 296 g/mol. The first-order valence-corrected chi connectivity index (χ1v) is 8.03. The highest BCUT2D eigenvalue weighted by atomic mass is 16.3. The van der Waals surface area contributed by atoms with Gasteiger partial charge in [-0.2, -0.15) is 0 Å². The lowest BCUT2D eigenvalue weighted by molar-refractivity contribution is 0.466. The molecule has 0 aromatic heterocycles. The van der Waals surface area contributed by atoms with Gasteiger partial charge in [0.1, 0.15) is 5.75 Å². The molecule has 1 heteroatoms. The van der Waals surface area contributed by atoms with Crippen LogP contribution in [0.1, 0.15) is 22.6 Å². The molecule has 1 aliphatic carbocycles. The molecule has 5 rings (SSSR count). The average Bonchev–Trinajstić information content (AvgIpc) is 2.95. The van der Waals surface area contributed by atoms with Crippen molar-refractivity contribution in [1.82, 2.24) is 0 Å². The Labute approximate surface area is 134 Å². The predicted molar refractivity (Wildman–Crippen MR) is 95.1 cm³/mol. The van der Waals surface area contributed by atoms with Crippen LogP contribution in [0.2, 0.25) is 0 Å². The molecule has 0 aliphatic heterocycles. The first-order chi connectivity index (χ1) is 11.3. The number of rotatable bonds is 1. The van der Waals surface area contributed by atoms with E-state index in [0.717, 1.165) is 17.4 Å². The summed E-state index contributed by atoms with van der Waals surface area (Å²) in [4.78, 5) is 0. The molecule has 1 N–H and O–H groups in total. The molecule has 0 spiro atoms. The van der Waals surface area contributed by atoms with Crippen molar-refractivity contribution in [3.63, 3.8) is 0 Å². The zero-order valence-corrected chi connectivity index (χ0v) is 12.7. The van der Waals surface area contributed by atoms with Crippen LogP contribution in [0.15, 0.2) is 72.8 Å². The summed E-state index contributed by atoms with van der Waals surface area (Å²) in [6, 6.07) is 25.3. The molecule has 23 heavy (non-hydrogen) atoms. The van der Waals surface area contributed by atoms with Gasteiger partial charge in [-0.25, -0.2) is 0 Å². The standard InChI is InChI=1S/C22H16O/c23-21-13-16-6-2-1-5-15(16)11-20(21)19-12-17-9-3-7-14-8-4-10-18(19)22(14)17/h1-11,13,19,23H,12H2. The largest absolute Gasteiger partial charge is 0.508 e. The van der Waals surface area contributed by atoms with Gasteiger partial charge in [-0.3, -0.25) is 0 Å². The van der Waals surface area contributed by atoms with Crippen LogP contribution >= 0.6 is 0 Å². The van der Waals surface area contributed by atoms with Gasteiger partial charge in [0, 0.05) is 11.5 Å². The minimum Gasteiger partial charge on any atom is -0.508 e. The molecule has 1 nitrogen and oxygen atoms in total. The third-order valence-corrected chi connectivity index (χ3v) is 5.09. The van der Waals surface area contributed by atoms with Crippen molar-refractivity contribution < 1.29 is 5.11 Å². The smallest absolute Gasteiger partial charge is 0.120 e. The summed E-state index contributed by atoms with van der Waals surface area (Å²) in [6.45, 7) is 0. The van der Waals surface area contributed by atoms with E-state index in [-0.39, 0.29) is 5.92 Å². The Morgan fingerprint density at radius 1 is 0.696 bits per heavy atom. The number of hydrogen-bond donors (Lipinski definition) is 1. The Kier molecular flexibility index (Phi) is 2.54. The van der Waals surface area contributed by atoms with Gasteiger partial charge >= 0.3 is 0 Å². The Hall–Kier alpha value is -2.80. The highest BCUT2D eigenvalue weighted by molar-refractivity contribution is 5.93. The SMILES string of the molecule is Oc1cc2ccccc2cc1C1Cc2cccc3cccc1c23. The van der Waals surface area contributed by atoms with Crippen LogP contribution in [0.4, 0.5) is 0 Å². The van der Waals surface area contributed by atoms with Crippen LogP contribution in [0.25, 0.3) is 21.5 Å². The van der Waals surface area contributed by atoms with Gasteiger partial charge in [0.15, 0.2) is 0 Å². The predicted octanol–water partition coefficient (Wildman–Crippen LogP) is 5.39. The van der Waals surface area contributed by atoms with Crippen molar-refractivity contribution in [3.8, 4) is 5.75 Å². The molecule has 0 heterocycles. The Bertz CT molecular complexity index is 1060. The molecular weight excluding hydrogens is 280 g/mol. The highest BCUT2D eigenvalue weighted by Crippen LogP contribution is 2.45. The van der Waals surface area contributed by atoms with Gasteiger partial charge in [0.2, 0.25) is 0 Å². The van der Waals surface area contributed by atoms with Gasteiger partial charge < -0.3 is 5.11 Å². The zero-order valence-electron chi connectivity index (χ0n) is 12.7. The van der Waals surface area contributed by atoms with E-state index in [4.69, 9.17) is 0 Å². The molecule has 110 valence electrons. The van der Waals surface area contributed by atoms with Crippen molar-refractivity contribution in [1.29, 1.82) is 0 Å². The van der Waals surface area contributed by atoms with Gasteiger partial charge in [-0.15, -0.1) is 0 Å². The summed E-state index contributed by atoms with van der Waals surface area (Å²) in [7, 11) is 0. The molecular formula is C22H16O. The van der Waals surface area contributed by atoms with Gasteiger partial charge in [0.05, 0.1) is 0 Å². The molecule has 0 amide bonds. The molecule has 4 aromatic carbocycles. The first-order valence-electron chi connectivity index (χ1n) is 8.03. The van der Waals surface area contributed by atoms with E-state index in [9.17, 15) is 5.11 Å². The molecule has 0 saturated heterocycles. The van der Waals surface area contributed by atoms with E-state index < -0.39 is 0 Å². The van der Waals surface area contributed by atoms with Crippen LogP contribution in [-0.4, -0.2) is 5.11 Å². The fourth-order valence-corrected chi connectivity index (χ4v) is 4.04. The third-order valence-electron chi connectivity index (χ3n) is 5.09. The summed E-state index contributed by atoms with van der Waals surface area (Å²) in [5.74, 6) is 0.638. The lowest BCUT2D eigenvalue weighted by atomic mass is 9.89. The van der Waals surface area contributed by atoms with Crippen LogP contribution in [0.3, 0.4) is 0 Å². The van der Waals surface area contributed by atoms with E-state index in [0.29, 0.717) is 5.75 Å². The Morgan fingerprint density at radius 3 is 2.22 bits per heavy atom. The van der Waals surface area contributed by atoms with E-state index in [1.54, 1.807) is 0 Å². The second-order valence-corrected chi connectivity index (χ2v) is 6.38. The van der Waals surface area contributed by atoms with Crippen LogP contribution < -0.4 is 0 Å². The lowest BCUT2D eigenvalue weighted by Gasteiger charge is -2.15. The molecule has 1 aliphatic rings. The fraction of sp³-hybridized carbons (Fsp3) is 0.0909. The quantitative estimate of drug-likeness (QED) is 0.499. The summed E-state index contributed by atoms with van der Waals surface area (Å²) in [6.07, 6.45) is 0.961. The highest BCUT2D eigenvalue weighted by Gasteiger charge is 2.27. The first kappa shape index (κ1) is 12.7. The number of fused-ring (bicyclic) bond motifs is 1. The average molecular weight is 296 g/mol. The number of hydrogen-bond acceptors (Lipinski definition) is 1. The maximum atomic E-state index is 10.6. The summed E-state index contributed by atoms with van der Waals surface area (Å²) >= 11 is 0. The molecule has 1 atom stereocenters. The fourth-order valence-electron chi connectivity index (χ4n) is 4.04. The van der Waals surface area contributed by atoms with Crippen molar-refractivity contribution >= 4 is 21.5 Å². The zero-order chi connectivity index (χ0) is 15.4. The van der Waals surface area contributed by atoms with E-state index >= 15 is 0 Å². The van der Waals surface area contributed by atoms with Crippen LogP contribution in [0, 0.1) is 0 Å². The van der Waals surface area contributed by atoms with E-state index in [2.05, 4.69) is 48.5 Å². The molecule has 0 radical (unpaired) electrons. The molecule has 0 saturated carbocycles. The number of benzene rings is 4. The van der Waals surface area contributed by atoms with Crippen molar-refractivity contribution in [2.24, 2.45) is 0 Å². The van der Waals surface area contributed by atoms with Gasteiger partial charge in [0.25, 0.3) is 0 Å². The third kappa shape index (κ3) is 1.80. The van der Waals surface area contributed by atoms with Crippen LogP contribution in [0.5, 0.6) is 5.75 Å². The maximum absolute atomic E-state index is 10.6. The second kappa shape index (κ2) is 4.60. The minimum absolute atomic E-state index is 0.237. The van der Waals surface area contributed by atoms with Crippen molar-refractivity contribution in [2.45, 2.75) is 12.3 Å². The summed E-state index contributed by atoms with van der Waals surface area (Å²) in [5.41, 5.74) is 3.76. The number of phenols is 1. The van der Waals surface area contributed by atoms with E-state index in [1.165, 1.54) is 27.3 Å². The minimum atomic E-state index is 0.237. The second-order valence-electron chi connectivity index (χ2n) is 6.38. The number of phenolic OH excluding ortho intramolecular Hbond substituents is 1. The Balaban J connectivity index is 1.76. The van der Waals surface area contributed by atoms with Crippen molar-refractivity contribution in [2.75, 3.05) is 0 Å². The molecule has 0 fully saturated rings. The van der Waals surface area contributed by atoms with E-state index in [1.807, 2.05) is 24.3 Å². The maximum Gasteiger partial charge on any atom is 0.120 e. The topological polar surface area (TPSA) is 20.2 Å². The molecule has 1 unspecified atom stereocenters. The van der Waals surface area contributed by atoms with Crippen molar-refractivity contribution in [3.05, 3.63) is 89.5 Å². The molecule has 0 bridgehead atoms. The lowest BCUT2D eigenvalue weighted by Crippen LogP contribution is -1.99. The summed E-state index contributed by atoms with van der Waals surface area (Å²) < 4.78 is 0. The summed E-state index contributed by atoms with van der Waals surface area (Å²) in [5, 5.41) is 15.5. The van der Waals surface area contributed by atoms with Gasteiger partial charge in [-0.05, 0) is 51.2 Å².